The monoisotopic (exact) mass is 255 g/mol. The molecule has 96 valence electrons. The van der Waals surface area contributed by atoms with E-state index >= 15 is 0 Å². The van der Waals surface area contributed by atoms with Gasteiger partial charge >= 0.3 is 0 Å². The maximum atomic E-state index is 5.96. The summed E-state index contributed by atoms with van der Waals surface area (Å²) in [6.45, 7) is 8.40. The Balaban J connectivity index is 2.54. The lowest BCUT2D eigenvalue weighted by atomic mass is 10.1. The number of hydrogen-bond acceptors (Lipinski definition) is 2. The van der Waals surface area contributed by atoms with Crippen LogP contribution in [0.15, 0.2) is 24.3 Å². The van der Waals surface area contributed by atoms with Gasteiger partial charge in [0.25, 0.3) is 0 Å². The van der Waals surface area contributed by atoms with Gasteiger partial charge in [0.1, 0.15) is 11.9 Å². The lowest BCUT2D eigenvalue weighted by Gasteiger charge is -2.23. The summed E-state index contributed by atoms with van der Waals surface area (Å²) in [5.74, 6) is 1.31. The topological polar surface area (TPSA) is 21.3 Å². The number of ether oxygens (including phenoxy) is 1. The van der Waals surface area contributed by atoms with Crippen molar-refractivity contribution in [1.29, 1.82) is 0 Å². The average molecular weight is 256 g/mol. The molecule has 0 aliphatic carbocycles. The van der Waals surface area contributed by atoms with E-state index in [-0.39, 0.29) is 6.10 Å². The number of nitrogens with one attached hydrogen (secondary N) is 1. The molecule has 0 aliphatic rings. The molecule has 0 amide bonds. The summed E-state index contributed by atoms with van der Waals surface area (Å²) in [6.07, 6.45) is 1.32. The second kappa shape index (κ2) is 7.57. The van der Waals surface area contributed by atoms with E-state index in [0.29, 0.717) is 10.9 Å². The van der Waals surface area contributed by atoms with Crippen molar-refractivity contribution < 1.29 is 4.74 Å². The van der Waals surface area contributed by atoms with Gasteiger partial charge < -0.3 is 10.1 Å². The fraction of sp³-hybridized carbons (Fsp3) is 0.571. The number of halogens is 1. The van der Waals surface area contributed by atoms with Crippen molar-refractivity contribution in [1.82, 2.24) is 5.32 Å². The fourth-order valence-electron chi connectivity index (χ4n) is 1.55. The number of benzene rings is 1. The van der Waals surface area contributed by atoms with E-state index in [2.05, 4.69) is 26.1 Å². The Morgan fingerprint density at radius 3 is 2.71 bits per heavy atom. The largest absolute Gasteiger partial charge is 0.489 e. The summed E-state index contributed by atoms with van der Waals surface area (Å²) in [6, 6.07) is 7.57. The number of hydrogen-bond donors (Lipinski definition) is 1. The van der Waals surface area contributed by atoms with Gasteiger partial charge in [-0.15, -0.1) is 0 Å². The van der Waals surface area contributed by atoms with Crippen LogP contribution in [0.5, 0.6) is 5.75 Å². The van der Waals surface area contributed by atoms with Crippen LogP contribution in [0.4, 0.5) is 0 Å². The van der Waals surface area contributed by atoms with Gasteiger partial charge in [-0.3, -0.25) is 0 Å². The molecule has 1 aromatic rings. The predicted octanol–water partition coefficient (Wildman–Crippen LogP) is 3.74. The third-order valence-corrected chi connectivity index (χ3v) is 2.83. The van der Waals surface area contributed by atoms with E-state index < -0.39 is 0 Å². The maximum Gasteiger partial charge on any atom is 0.121 e. The van der Waals surface area contributed by atoms with Gasteiger partial charge in [0.05, 0.1) is 0 Å². The standard InChI is InChI=1S/C14H22ClNO/c1-4-8-16-10-14(11(2)3)17-13-7-5-6-12(15)9-13/h5-7,9,11,14,16H,4,8,10H2,1-3H3. The first-order chi connectivity index (χ1) is 8.13. The van der Waals surface area contributed by atoms with Crippen LogP contribution in [0.3, 0.4) is 0 Å². The quantitative estimate of drug-likeness (QED) is 0.750. The molecule has 0 radical (unpaired) electrons. The Bertz CT molecular complexity index is 328. The highest BCUT2D eigenvalue weighted by atomic mass is 35.5. The van der Waals surface area contributed by atoms with E-state index in [1.165, 1.54) is 0 Å². The zero-order valence-electron chi connectivity index (χ0n) is 10.9. The molecule has 0 fully saturated rings. The molecule has 0 saturated heterocycles. The molecule has 1 rings (SSSR count). The van der Waals surface area contributed by atoms with Crippen molar-refractivity contribution in [3.8, 4) is 5.75 Å². The third-order valence-electron chi connectivity index (χ3n) is 2.60. The SMILES string of the molecule is CCCNCC(Oc1cccc(Cl)c1)C(C)C. The molecule has 0 aliphatic heterocycles. The smallest absolute Gasteiger partial charge is 0.121 e. The highest BCUT2D eigenvalue weighted by Gasteiger charge is 2.14. The molecule has 0 spiro atoms. The highest BCUT2D eigenvalue weighted by Crippen LogP contribution is 2.20. The van der Waals surface area contributed by atoms with Crippen LogP contribution in [0, 0.1) is 5.92 Å². The Morgan fingerprint density at radius 1 is 1.35 bits per heavy atom. The van der Waals surface area contributed by atoms with Gasteiger partial charge in [0, 0.05) is 11.6 Å². The summed E-state index contributed by atoms with van der Waals surface area (Å²) >= 11 is 5.94. The van der Waals surface area contributed by atoms with Crippen molar-refractivity contribution in [2.24, 2.45) is 5.92 Å². The minimum atomic E-state index is 0.181. The molecule has 2 nitrogen and oxygen atoms in total. The minimum Gasteiger partial charge on any atom is -0.489 e. The van der Waals surface area contributed by atoms with Gasteiger partial charge in [-0.2, -0.15) is 0 Å². The van der Waals surface area contributed by atoms with Gasteiger partial charge in [-0.25, -0.2) is 0 Å². The van der Waals surface area contributed by atoms with Crippen molar-refractivity contribution in [2.45, 2.75) is 33.3 Å². The molecule has 1 aromatic carbocycles. The third kappa shape index (κ3) is 5.42. The van der Waals surface area contributed by atoms with Crippen molar-refractivity contribution in [2.75, 3.05) is 13.1 Å². The first-order valence-electron chi connectivity index (χ1n) is 6.26. The van der Waals surface area contributed by atoms with Crippen LogP contribution in [0.2, 0.25) is 5.02 Å². The second-order valence-electron chi connectivity index (χ2n) is 4.56. The second-order valence-corrected chi connectivity index (χ2v) is 5.00. The van der Waals surface area contributed by atoms with Crippen LogP contribution < -0.4 is 10.1 Å². The van der Waals surface area contributed by atoms with Crippen molar-refractivity contribution in [3.05, 3.63) is 29.3 Å². The molecule has 0 heterocycles. The Kier molecular flexibility index (Phi) is 6.38. The first-order valence-corrected chi connectivity index (χ1v) is 6.64. The van der Waals surface area contributed by atoms with Gasteiger partial charge in [0.15, 0.2) is 0 Å². The van der Waals surface area contributed by atoms with Crippen molar-refractivity contribution >= 4 is 11.6 Å². The Hall–Kier alpha value is -0.730. The normalized spacial score (nSPS) is 12.8. The van der Waals surface area contributed by atoms with Crippen LogP contribution in [-0.4, -0.2) is 19.2 Å². The van der Waals surface area contributed by atoms with E-state index in [1.54, 1.807) is 0 Å². The lowest BCUT2D eigenvalue weighted by Crippen LogP contribution is -2.35. The van der Waals surface area contributed by atoms with Crippen LogP contribution >= 0.6 is 11.6 Å². The van der Waals surface area contributed by atoms with Crippen molar-refractivity contribution in [3.63, 3.8) is 0 Å². The molecule has 1 atom stereocenters. The summed E-state index contributed by atoms with van der Waals surface area (Å²) in [7, 11) is 0. The zero-order valence-corrected chi connectivity index (χ0v) is 11.6. The predicted molar refractivity (Wildman–Crippen MR) is 73.9 cm³/mol. The molecule has 0 aromatic heterocycles. The Morgan fingerprint density at radius 2 is 2.12 bits per heavy atom. The van der Waals surface area contributed by atoms with Crippen LogP contribution in [-0.2, 0) is 0 Å². The van der Waals surface area contributed by atoms with E-state index in [4.69, 9.17) is 16.3 Å². The van der Waals surface area contributed by atoms with Gasteiger partial charge in [0.2, 0.25) is 0 Å². The minimum absolute atomic E-state index is 0.181. The van der Waals surface area contributed by atoms with Crippen LogP contribution in [0.1, 0.15) is 27.2 Å². The van der Waals surface area contributed by atoms with Gasteiger partial charge in [-0.05, 0) is 37.1 Å². The summed E-state index contributed by atoms with van der Waals surface area (Å²) in [5.41, 5.74) is 0. The van der Waals surface area contributed by atoms with Crippen LogP contribution in [0.25, 0.3) is 0 Å². The summed E-state index contributed by atoms with van der Waals surface area (Å²) in [5, 5.41) is 4.11. The maximum absolute atomic E-state index is 5.96. The summed E-state index contributed by atoms with van der Waals surface area (Å²) in [4.78, 5) is 0. The number of rotatable bonds is 7. The zero-order chi connectivity index (χ0) is 12.7. The van der Waals surface area contributed by atoms with E-state index in [0.717, 1.165) is 25.3 Å². The molecule has 3 heteroatoms. The molecular formula is C14H22ClNO. The molecule has 17 heavy (non-hydrogen) atoms. The van der Waals surface area contributed by atoms with E-state index in [1.807, 2.05) is 24.3 Å². The summed E-state index contributed by atoms with van der Waals surface area (Å²) < 4.78 is 5.96. The lowest BCUT2D eigenvalue weighted by molar-refractivity contribution is 0.149. The molecule has 0 saturated carbocycles. The van der Waals surface area contributed by atoms with Gasteiger partial charge in [-0.1, -0.05) is 38.4 Å². The Labute approximate surface area is 109 Å². The first kappa shape index (κ1) is 14.3. The molecule has 1 unspecified atom stereocenters. The van der Waals surface area contributed by atoms with E-state index in [9.17, 15) is 0 Å². The molecule has 0 bridgehead atoms. The highest BCUT2D eigenvalue weighted by molar-refractivity contribution is 6.30. The fourth-order valence-corrected chi connectivity index (χ4v) is 1.73. The molecule has 1 N–H and O–H groups in total. The molecular weight excluding hydrogens is 234 g/mol. The average Bonchev–Trinajstić information content (AvgIpc) is 2.28.